The van der Waals surface area contributed by atoms with Crippen LogP contribution < -0.4 is 5.73 Å². The number of hydrogen-bond acceptors (Lipinski definition) is 2. The summed E-state index contributed by atoms with van der Waals surface area (Å²) in [5.74, 6) is 0. The highest BCUT2D eigenvalue weighted by Crippen LogP contribution is 2.28. The van der Waals surface area contributed by atoms with Gasteiger partial charge in [-0.15, -0.1) is 0 Å². The van der Waals surface area contributed by atoms with Crippen LogP contribution in [-0.4, -0.2) is 0 Å². The van der Waals surface area contributed by atoms with Crippen molar-refractivity contribution >= 4 is 11.3 Å². The van der Waals surface area contributed by atoms with E-state index in [1.54, 1.807) is 11.3 Å². The van der Waals surface area contributed by atoms with Crippen molar-refractivity contribution in [2.75, 3.05) is 0 Å². The number of rotatable bonds is 4. The van der Waals surface area contributed by atoms with Crippen LogP contribution in [0.4, 0.5) is 0 Å². The molecule has 0 saturated heterocycles. The largest absolute Gasteiger partial charge is 0.320 e. The molecule has 0 fully saturated rings. The lowest BCUT2D eigenvalue weighted by molar-refractivity contribution is 0.506. The standard InChI is InChI=1S/C16H21NS/c1-4-16(2,3)14-7-5-12(6-8-14)15(17)13-9-10-18-11-13/h5-11,15H,4,17H2,1-3H3. The lowest BCUT2D eigenvalue weighted by Crippen LogP contribution is -2.16. The lowest BCUT2D eigenvalue weighted by Gasteiger charge is -2.24. The summed E-state index contributed by atoms with van der Waals surface area (Å²) in [6.07, 6.45) is 1.14. The maximum atomic E-state index is 6.26. The van der Waals surface area contributed by atoms with E-state index in [-0.39, 0.29) is 11.5 Å². The van der Waals surface area contributed by atoms with Crippen molar-refractivity contribution in [3.05, 3.63) is 57.8 Å². The quantitative estimate of drug-likeness (QED) is 0.860. The van der Waals surface area contributed by atoms with Crippen molar-refractivity contribution in [3.8, 4) is 0 Å². The number of thiophene rings is 1. The highest BCUT2D eigenvalue weighted by molar-refractivity contribution is 7.08. The summed E-state index contributed by atoms with van der Waals surface area (Å²) >= 11 is 1.69. The Morgan fingerprint density at radius 2 is 1.78 bits per heavy atom. The highest BCUT2D eigenvalue weighted by Gasteiger charge is 2.18. The van der Waals surface area contributed by atoms with Crippen LogP contribution in [0.15, 0.2) is 41.1 Å². The Bertz CT molecular complexity index is 482. The number of nitrogens with two attached hydrogens (primary N) is 1. The zero-order valence-electron chi connectivity index (χ0n) is 11.3. The molecule has 2 N–H and O–H groups in total. The molecule has 0 spiro atoms. The van der Waals surface area contributed by atoms with Crippen molar-refractivity contribution in [1.29, 1.82) is 0 Å². The van der Waals surface area contributed by atoms with Crippen molar-refractivity contribution in [3.63, 3.8) is 0 Å². The molecule has 1 aromatic carbocycles. The van der Waals surface area contributed by atoms with Gasteiger partial charge in [0.25, 0.3) is 0 Å². The number of benzene rings is 1. The first-order valence-corrected chi connectivity index (χ1v) is 7.37. The van der Waals surface area contributed by atoms with Crippen LogP contribution in [0.25, 0.3) is 0 Å². The third-order valence-corrected chi connectivity index (χ3v) is 4.54. The van der Waals surface area contributed by atoms with E-state index < -0.39 is 0 Å². The molecular formula is C16H21NS. The topological polar surface area (TPSA) is 26.0 Å². The first-order valence-electron chi connectivity index (χ1n) is 6.42. The normalized spacial score (nSPS) is 13.6. The Morgan fingerprint density at radius 1 is 1.11 bits per heavy atom. The molecule has 1 nitrogen and oxygen atoms in total. The van der Waals surface area contributed by atoms with E-state index in [2.05, 4.69) is 61.9 Å². The summed E-state index contributed by atoms with van der Waals surface area (Å²) in [6, 6.07) is 10.8. The van der Waals surface area contributed by atoms with E-state index in [0.717, 1.165) is 6.42 Å². The van der Waals surface area contributed by atoms with E-state index in [0.29, 0.717) is 0 Å². The van der Waals surface area contributed by atoms with Gasteiger partial charge >= 0.3 is 0 Å². The van der Waals surface area contributed by atoms with E-state index in [9.17, 15) is 0 Å². The molecule has 1 unspecified atom stereocenters. The molecule has 2 rings (SSSR count). The molecule has 96 valence electrons. The summed E-state index contributed by atoms with van der Waals surface area (Å²) in [4.78, 5) is 0. The van der Waals surface area contributed by atoms with Crippen molar-refractivity contribution < 1.29 is 0 Å². The van der Waals surface area contributed by atoms with Gasteiger partial charge in [0.2, 0.25) is 0 Å². The zero-order valence-corrected chi connectivity index (χ0v) is 12.1. The molecule has 0 bridgehead atoms. The first kappa shape index (κ1) is 13.3. The minimum Gasteiger partial charge on any atom is -0.320 e. The monoisotopic (exact) mass is 259 g/mol. The van der Waals surface area contributed by atoms with Gasteiger partial charge in [0, 0.05) is 0 Å². The summed E-state index contributed by atoms with van der Waals surface area (Å²) in [5, 5.41) is 4.19. The average molecular weight is 259 g/mol. The molecule has 2 aromatic rings. The minimum atomic E-state index is -0.00459. The third-order valence-electron chi connectivity index (χ3n) is 3.84. The second-order valence-electron chi connectivity index (χ2n) is 5.39. The second-order valence-corrected chi connectivity index (χ2v) is 6.17. The molecule has 0 amide bonds. The second kappa shape index (κ2) is 5.25. The molecule has 2 heteroatoms. The van der Waals surface area contributed by atoms with E-state index in [1.807, 2.05) is 0 Å². The Hall–Kier alpha value is -1.12. The fraction of sp³-hybridized carbons (Fsp3) is 0.375. The Balaban J connectivity index is 2.23. The van der Waals surface area contributed by atoms with Gasteiger partial charge in [0.1, 0.15) is 0 Å². The minimum absolute atomic E-state index is 0.00459. The highest BCUT2D eigenvalue weighted by atomic mass is 32.1. The van der Waals surface area contributed by atoms with Gasteiger partial charge in [-0.2, -0.15) is 11.3 Å². The maximum absolute atomic E-state index is 6.26. The molecule has 1 heterocycles. The van der Waals surface area contributed by atoms with Gasteiger partial charge < -0.3 is 5.73 Å². The van der Waals surface area contributed by atoms with E-state index >= 15 is 0 Å². The van der Waals surface area contributed by atoms with Crippen LogP contribution in [0.2, 0.25) is 0 Å². The lowest BCUT2D eigenvalue weighted by atomic mass is 9.81. The molecule has 1 atom stereocenters. The Morgan fingerprint density at radius 3 is 2.28 bits per heavy atom. The van der Waals surface area contributed by atoms with Crippen LogP contribution in [-0.2, 0) is 5.41 Å². The van der Waals surface area contributed by atoms with E-state index in [1.165, 1.54) is 16.7 Å². The molecular weight excluding hydrogens is 238 g/mol. The van der Waals surface area contributed by atoms with E-state index in [4.69, 9.17) is 5.73 Å². The predicted octanol–water partition coefficient (Wildman–Crippen LogP) is 4.48. The molecule has 18 heavy (non-hydrogen) atoms. The summed E-state index contributed by atoms with van der Waals surface area (Å²) < 4.78 is 0. The summed E-state index contributed by atoms with van der Waals surface area (Å²) in [6.45, 7) is 6.78. The number of hydrogen-bond donors (Lipinski definition) is 1. The van der Waals surface area contributed by atoms with Gasteiger partial charge in [-0.05, 0) is 45.4 Å². The SMILES string of the molecule is CCC(C)(C)c1ccc(C(N)c2ccsc2)cc1. The molecule has 1 aromatic heterocycles. The van der Waals surface area contributed by atoms with Gasteiger partial charge in [-0.3, -0.25) is 0 Å². The van der Waals surface area contributed by atoms with Crippen molar-refractivity contribution in [2.24, 2.45) is 5.73 Å². The zero-order chi connectivity index (χ0) is 13.2. The molecule has 0 aliphatic heterocycles. The van der Waals surface area contributed by atoms with Crippen LogP contribution in [0.1, 0.15) is 49.9 Å². The van der Waals surface area contributed by atoms with Crippen LogP contribution in [0.5, 0.6) is 0 Å². The first-order chi connectivity index (χ1) is 8.54. The van der Waals surface area contributed by atoms with Gasteiger partial charge in [0.15, 0.2) is 0 Å². The predicted molar refractivity (Wildman–Crippen MR) is 80.1 cm³/mol. The van der Waals surface area contributed by atoms with Crippen molar-refractivity contribution in [2.45, 2.75) is 38.6 Å². The fourth-order valence-corrected chi connectivity index (χ4v) is 2.69. The fourth-order valence-electron chi connectivity index (χ4n) is 1.99. The molecule has 0 radical (unpaired) electrons. The van der Waals surface area contributed by atoms with Gasteiger partial charge in [-0.1, -0.05) is 45.0 Å². The maximum Gasteiger partial charge on any atom is 0.0559 e. The molecule has 0 aliphatic carbocycles. The average Bonchev–Trinajstić information content (AvgIpc) is 2.92. The molecule has 0 aliphatic rings. The smallest absolute Gasteiger partial charge is 0.0559 e. The summed E-state index contributed by atoms with van der Waals surface area (Å²) in [5.41, 5.74) is 10.3. The Labute approximate surface area is 114 Å². The van der Waals surface area contributed by atoms with Gasteiger partial charge in [-0.25, -0.2) is 0 Å². The van der Waals surface area contributed by atoms with Crippen molar-refractivity contribution in [1.82, 2.24) is 0 Å². The Kier molecular flexibility index (Phi) is 3.88. The molecule has 0 saturated carbocycles. The van der Waals surface area contributed by atoms with Crippen LogP contribution in [0.3, 0.4) is 0 Å². The van der Waals surface area contributed by atoms with Crippen LogP contribution >= 0.6 is 11.3 Å². The third kappa shape index (κ3) is 2.65. The van der Waals surface area contributed by atoms with Crippen LogP contribution in [0, 0.1) is 0 Å². The summed E-state index contributed by atoms with van der Waals surface area (Å²) in [7, 11) is 0. The van der Waals surface area contributed by atoms with Gasteiger partial charge in [0.05, 0.1) is 6.04 Å².